The number of benzene rings is 10. The summed E-state index contributed by atoms with van der Waals surface area (Å²) in [4.78, 5) is 2.36. The van der Waals surface area contributed by atoms with Gasteiger partial charge in [0.25, 0.3) is 0 Å². The number of allylic oxidation sites excluding steroid dienone is 5. The number of hydrogen-bond acceptors (Lipinski definition) is 3. The molecule has 0 unspecified atom stereocenters. The number of para-hydroxylation sites is 2. The molecule has 0 N–H and O–H groups in total. The maximum Gasteiger partial charge on any atom is 0.135 e. The Morgan fingerprint density at radius 3 is 1.42 bits per heavy atom. The van der Waals surface area contributed by atoms with Gasteiger partial charge in [-0.1, -0.05) is 195 Å². The van der Waals surface area contributed by atoms with Gasteiger partial charge in [-0.05, 0) is 140 Å². The zero-order valence-electron chi connectivity index (χ0n) is 39.0. The van der Waals surface area contributed by atoms with E-state index in [0.29, 0.717) is 0 Å². The van der Waals surface area contributed by atoms with Gasteiger partial charge in [0.15, 0.2) is 0 Å². The summed E-state index contributed by atoms with van der Waals surface area (Å²) >= 11 is 0. The standard InChI is InChI=1S/C68H47NO2/c1-46-16-5-2-6-17-53-42-50(32-39-63(53)68(46,54-19-7-3-8-20-54)55-21-9-4-10-22-55)49-18-15-23-58(43-49)69(56-35-28-47(29-36-56)51-33-40-66-61(44-51)59-24-11-13-26-64(59)70-66)57-37-30-48(31-38-57)52-34-41-67-62(45-52)60-25-12-14-27-65(60)71-67/h2-16,18-45H,1,17H2/b6-2-,16-5-. The molecular weight excluding hydrogens is 863 g/mol. The van der Waals surface area contributed by atoms with Crippen molar-refractivity contribution in [1.82, 2.24) is 0 Å². The second kappa shape index (κ2) is 17.4. The summed E-state index contributed by atoms with van der Waals surface area (Å²) in [6.07, 6.45) is 9.50. The minimum Gasteiger partial charge on any atom is -0.456 e. The summed E-state index contributed by atoms with van der Waals surface area (Å²) in [5.41, 5.74) is 18.9. The van der Waals surface area contributed by atoms with E-state index in [1.807, 2.05) is 24.3 Å². The average Bonchev–Trinajstić information content (AvgIpc) is 4.02. The first-order chi connectivity index (χ1) is 35.1. The van der Waals surface area contributed by atoms with Gasteiger partial charge < -0.3 is 13.7 Å². The predicted octanol–water partition coefficient (Wildman–Crippen LogP) is 18.5. The van der Waals surface area contributed by atoms with E-state index in [2.05, 4.69) is 242 Å². The monoisotopic (exact) mass is 909 g/mol. The zero-order chi connectivity index (χ0) is 47.3. The van der Waals surface area contributed by atoms with E-state index in [1.54, 1.807) is 0 Å². The van der Waals surface area contributed by atoms with Crippen LogP contribution in [-0.2, 0) is 11.8 Å². The molecule has 3 nitrogen and oxygen atoms in total. The van der Waals surface area contributed by atoms with Gasteiger partial charge in [-0.3, -0.25) is 0 Å². The molecule has 13 rings (SSSR count). The van der Waals surface area contributed by atoms with E-state index in [1.165, 1.54) is 22.3 Å². The number of furan rings is 2. The maximum absolute atomic E-state index is 6.18. The van der Waals surface area contributed by atoms with Gasteiger partial charge in [0.1, 0.15) is 22.3 Å². The summed E-state index contributed by atoms with van der Waals surface area (Å²) in [6, 6.07) is 85.0. The van der Waals surface area contributed by atoms with Crippen molar-refractivity contribution in [1.29, 1.82) is 0 Å². The molecule has 2 aromatic heterocycles. The number of hydrogen-bond donors (Lipinski definition) is 0. The molecule has 1 aliphatic carbocycles. The summed E-state index contributed by atoms with van der Waals surface area (Å²) in [6.45, 7) is 4.78. The van der Waals surface area contributed by atoms with Crippen LogP contribution in [0.2, 0.25) is 0 Å². The fourth-order valence-corrected chi connectivity index (χ4v) is 11.0. The Morgan fingerprint density at radius 2 is 0.845 bits per heavy atom. The molecule has 0 saturated heterocycles. The lowest BCUT2D eigenvalue weighted by Crippen LogP contribution is -2.32. The number of fused-ring (bicyclic) bond motifs is 7. The van der Waals surface area contributed by atoms with Crippen LogP contribution in [0.15, 0.2) is 282 Å². The molecule has 0 amide bonds. The molecule has 0 radical (unpaired) electrons. The molecule has 0 spiro atoms. The lowest BCUT2D eigenvalue weighted by Gasteiger charge is -2.38. The molecular formula is C68H47NO2. The first-order valence-corrected chi connectivity index (χ1v) is 24.3. The molecule has 0 saturated carbocycles. The maximum atomic E-state index is 6.18. The summed E-state index contributed by atoms with van der Waals surface area (Å²) < 4.78 is 12.4. The average molecular weight is 910 g/mol. The number of anilines is 3. The highest BCUT2D eigenvalue weighted by molar-refractivity contribution is 6.07. The van der Waals surface area contributed by atoms with Crippen LogP contribution in [0.5, 0.6) is 0 Å². The fourth-order valence-electron chi connectivity index (χ4n) is 11.0. The van der Waals surface area contributed by atoms with Crippen molar-refractivity contribution in [3.63, 3.8) is 0 Å². The summed E-state index contributed by atoms with van der Waals surface area (Å²) in [7, 11) is 0. The first kappa shape index (κ1) is 42.0. The molecule has 10 aromatic carbocycles. The molecule has 0 atom stereocenters. The molecule has 0 fully saturated rings. The molecule has 12 aromatic rings. The van der Waals surface area contributed by atoms with Crippen LogP contribution >= 0.6 is 0 Å². The number of nitrogens with zero attached hydrogens (tertiary/aromatic N) is 1. The molecule has 0 aliphatic heterocycles. The Labute approximate surface area is 413 Å². The van der Waals surface area contributed by atoms with Gasteiger partial charge in [0, 0.05) is 38.6 Å². The molecule has 71 heavy (non-hydrogen) atoms. The minimum absolute atomic E-state index is 0.591. The van der Waals surface area contributed by atoms with Gasteiger partial charge in [-0.25, -0.2) is 0 Å². The van der Waals surface area contributed by atoms with E-state index in [0.717, 1.165) is 106 Å². The Kier molecular flexibility index (Phi) is 10.3. The molecule has 1 aliphatic rings. The fraction of sp³-hybridized carbons (Fsp3) is 0.0294. The third kappa shape index (κ3) is 7.30. The summed E-state index contributed by atoms with van der Waals surface area (Å²) in [5, 5.41) is 4.49. The highest BCUT2D eigenvalue weighted by Gasteiger charge is 2.40. The van der Waals surface area contributed by atoms with Crippen LogP contribution in [0.3, 0.4) is 0 Å². The van der Waals surface area contributed by atoms with E-state index >= 15 is 0 Å². The Morgan fingerprint density at radius 1 is 0.366 bits per heavy atom. The van der Waals surface area contributed by atoms with Crippen molar-refractivity contribution >= 4 is 60.9 Å². The van der Waals surface area contributed by atoms with E-state index in [-0.39, 0.29) is 0 Å². The first-order valence-electron chi connectivity index (χ1n) is 24.3. The highest BCUT2D eigenvalue weighted by atomic mass is 16.3. The van der Waals surface area contributed by atoms with E-state index in [9.17, 15) is 0 Å². The molecule has 2 heterocycles. The topological polar surface area (TPSA) is 29.5 Å². The Bertz CT molecular complexity index is 3820. The zero-order valence-corrected chi connectivity index (χ0v) is 39.0. The largest absolute Gasteiger partial charge is 0.456 e. The lowest BCUT2D eigenvalue weighted by atomic mass is 9.63. The van der Waals surface area contributed by atoms with Gasteiger partial charge in [0.2, 0.25) is 0 Å². The SMILES string of the molecule is C=C1/C=C\C=C/Cc2cc(-c3cccc(N(c4ccc(-c5ccc6oc7ccccc7c6c5)cc4)c4ccc(-c5ccc6oc7ccccc7c6c5)cc4)c3)ccc2C1(c1ccccc1)c1ccccc1. The molecule has 3 heteroatoms. The van der Waals surface area contributed by atoms with Crippen LogP contribution in [-0.4, -0.2) is 0 Å². The highest BCUT2D eigenvalue weighted by Crippen LogP contribution is 2.48. The molecule has 336 valence electrons. The third-order valence-electron chi connectivity index (χ3n) is 14.4. The third-order valence-corrected chi connectivity index (χ3v) is 14.4. The second-order valence-electron chi connectivity index (χ2n) is 18.5. The van der Waals surface area contributed by atoms with Gasteiger partial charge in [-0.15, -0.1) is 0 Å². The van der Waals surface area contributed by atoms with Crippen molar-refractivity contribution in [2.75, 3.05) is 4.90 Å². The number of rotatable bonds is 8. The second-order valence-corrected chi connectivity index (χ2v) is 18.5. The van der Waals surface area contributed by atoms with Crippen LogP contribution in [0.25, 0.3) is 77.3 Å². The van der Waals surface area contributed by atoms with Crippen molar-refractivity contribution < 1.29 is 8.83 Å². The van der Waals surface area contributed by atoms with Crippen LogP contribution in [0.1, 0.15) is 22.3 Å². The molecule has 0 bridgehead atoms. The van der Waals surface area contributed by atoms with E-state index in [4.69, 9.17) is 15.4 Å². The predicted molar refractivity (Wildman–Crippen MR) is 296 cm³/mol. The van der Waals surface area contributed by atoms with Crippen LogP contribution in [0.4, 0.5) is 17.1 Å². The van der Waals surface area contributed by atoms with Crippen LogP contribution < -0.4 is 4.90 Å². The van der Waals surface area contributed by atoms with Crippen molar-refractivity contribution in [3.8, 4) is 33.4 Å². The minimum atomic E-state index is -0.591. The normalized spacial score (nSPS) is 14.2. The van der Waals surface area contributed by atoms with E-state index < -0.39 is 5.41 Å². The van der Waals surface area contributed by atoms with Gasteiger partial charge >= 0.3 is 0 Å². The van der Waals surface area contributed by atoms with Crippen molar-refractivity contribution in [3.05, 3.63) is 295 Å². The van der Waals surface area contributed by atoms with Gasteiger partial charge in [0.05, 0.1) is 5.41 Å². The Hall–Kier alpha value is -9.18. The lowest BCUT2D eigenvalue weighted by molar-refractivity contribution is 0.668. The van der Waals surface area contributed by atoms with Crippen molar-refractivity contribution in [2.45, 2.75) is 11.8 Å². The smallest absolute Gasteiger partial charge is 0.135 e. The summed E-state index contributed by atoms with van der Waals surface area (Å²) in [5.74, 6) is 0. The quantitative estimate of drug-likeness (QED) is 0.152. The Balaban J connectivity index is 0.915. The van der Waals surface area contributed by atoms with Crippen molar-refractivity contribution in [2.24, 2.45) is 0 Å². The van der Waals surface area contributed by atoms with Crippen LogP contribution in [0, 0.1) is 0 Å². The van der Waals surface area contributed by atoms with Gasteiger partial charge in [-0.2, -0.15) is 0 Å².